The Bertz CT molecular complexity index is 604. The Kier molecular flexibility index (Phi) is 5.69. The van der Waals surface area contributed by atoms with Crippen LogP contribution < -0.4 is 11.0 Å². The molecule has 1 aromatic heterocycles. The lowest BCUT2D eigenvalue weighted by Crippen LogP contribution is -2.31. The molecule has 1 aromatic carbocycles. The van der Waals surface area contributed by atoms with Crippen molar-refractivity contribution in [3.8, 4) is 0 Å². The molecule has 0 aliphatic carbocycles. The van der Waals surface area contributed by atoms with Crippen LogP contribution in [0.15, 0.2) is 47.5 Å². The van der Waals surface area contributed by atoms with E-state index in [0.717, 1.165) is 19.4 Å². The number of rotatable bonds is 7. The van der Waals surface area contributed by atoms with E-state index in [9.17, 15) is 4.79 Å². The fourth-order valence-electron chi connectivity index (χ4n) is 2.31. The quantitative estimate of drug-likeness (QED) is 0.850. The van der Waals surface area contributed by atoms with Crippen molar-refractivity contribution in [3.05, 3.63) is 64.3 Å². The molecule has 2 rings (SSSR count). The van der Waals surface area contributed by atoms with Gasteiger partial charge in [0.2, 0.25) is 0 Å². The highest BCUT2D eigenvalue weighted by molar-refractivity contribution is 5.25. The maximum atomic E-state index is 11.8. The van der Waals surface area contributed by atoms with Crippen molar-refractivity contribution in [2.45, 2.75) is 39.3 Å². The van der Waals surface area contributed by atoms with Gasteiger partial charge in [-0.1, -0.05) is 38.1 Å². The highest BCUT2D eigenvalue weighted by atomic mass is 16.1. The summed E-state index contributed by atoms with van der Waals surface area (Å²) in [6.45, 7) is 5.81. The normalized spacial score (nSPS) is 12.3. The monoisotopic (exact) mass is 285 g/mol. The van der Waals surface area contributed by atoms with Crippen molar-refractivity contribution in [3.63, 3.8) is 0 Å². The Morgan fingerprint density at radius 2 is 2.00 bits per heavy atom. The predicted octanol–water partition coefficient (Wildman–Crippen LogP) is 2.55. The molecule has 21 heavy (non-hydrogen) atoms. The second-order valence-electron chi connectivity index (χ2n) is 5.16. The third-order valence-electron chi connectivity index (χ3n) is 3.59. The van der Waals surface area contributed by atoms with Gasteiger partial charge < -0.3 is 5.32 Å². The van der Waals surface area contributed by atoms with Gasteiger partial charge in [-0.2, -0.15) is 0 Å². The van der Waals surface area contributed by atoms with Crippen LogP contribution in [0.2, 0.25) is 0 Å². The van der Waals surface area contributed by atoms with Gasteiger partial charge in [-0.3, -0.25) is 4.57 Å². The average Bonchev–Trinajstić information content (AvgIpc) is 2.53. The molecule has 1 heterocycles. The average molecular weight is 285 g/mol. The van der Waals surface area contributed by atoms with Gasteiger partial charge in [0, 0.05) is 18.9 Å². The molecule has 4 nitrogen and oxygen atoms in total. The molecular weight excluding hydrogens is 262 g/mol. The summed E-state index contributed by atoms with van der Waals surface area (Å²) in [6, 6.07) is 10.5. The zero-order valence-electron chi connectivity index (χ0n) is 12.7. The summed E-state index contributed by atoms with van der Waals surface area (Å²) < 4.78 is 1.65. The lowest BCUT2D eigenvalue weighted by molar-refractivity contribution is 0.452. The zero-order chi connectivity index (χ0) is 15.1. The first-order chi connectivity index (χ1) is 10.2. The summed E-state index contributed by atoms with van der Waals surface area (Å²) in [6.07, 6.45) is 5.42. The van der Waals surface area contributed by atoms with Crippen molar-refractivity contribution >= 4 is 0 Å². The van der Waals surface area contributed by atoms with E-state index < -0.39 is 0 Å². The Hall–Kier alpha value is -1.94. The molecular formula is C17H23N3O. The summed E-state index contributed by atoms with van der Waals surface area (Å²) in [5.74, 6) is 0. The Balaban J connectivity index is 2.20. The minimum Gasteiger partial charge on any atom is -0.308 e. The summed E-state index contributed by atoms with van der Waals surface area (Å²) in [5.41, 5.74) is 2.33. The minimum absolute atomic E-state index is 0.123. The number of aromatic nitrogens is 2. The van der Waals surface area contributed by atoms with Crippen molar-refractivity contribution < 1.29 is 0 Å². The van der Waals surface area contributed by atoms with E-state index in [4.69, 9.17) is 0 Å². The first-order valence-corrected chi connectivity index (χ1v) is 7.58. The molecule has 0 aliphatic heterocycles. The van der Waals surface area contributed by atoms with Crippen molar-refractivity contribution in [2.24, 2.45) is 0 Å². The highest BCUT2D eigenvalue weighted by Gasteiger charge is 2.12. The van der Waals surface area contributed by atoms with Gasteiger partial charge in [0.15, 0.2) is 0 Å². The molecule has 0 aliphatic rings. The zero-order valence-corrected chi connectivity index (χ0v) is 12.7. The van der Waals surface area contributed by atoms with Gasteiger partial charge in [-0.15, -0.1) is 0 Å². The van der Waals surface area contributed by atoms with Gasteiger partial charge >= 0.3 is 5.69 Å². The first kappa shape index (κ1) is 15.4. The van der Waals surface area contributed by atoms with E-state index in [1.54, 1.807) is 16.8 Å². The van der Waals surface area contributed by atoms with Gasteiger partial charge in [0.05, 0.1) is 6.04 Å². The first-order valence-electron chi connectivity index (χ1n) is 7.58. The van der Waals surface area contributed by atoms with E-state index in [1.807, 2.05) is 0 Å². The number of aryl methyl sites for hydroxylation is 1. The smallest absolute Gasteiger partial charge is 0.308 e. The molecule has 1 unspecified atom stereocenters. The topological polar surface area (TPSA) is 46.9 Å². The maximum absolute atomic E-state index is 11.8. The molecule has 0 radical (unpaired) electrons. The van der Waals surface area contributed by atoms with Crippen LogP contribution in [0.5, 0.6) is 0 Å². The van der Waals surface area contributed by atoms with Crippen LogP contribution in [0.3, 0.4) is 0 Å². The fraction of sp³-hybridized carbons (Fsp3) is 0.412. The molecule has 0 spiro atoms. The maximum Gasteiger partial charge on any atom is 0.347 e. The van der Waals surface area contributed by atoms with Crippen LogP contribution in [-0.4, -0.2) is 16.1 Å². The van der Waals surface area contributed by atoms with Crippen LogP contribution in [0, 0.1) is 0 Å². The molecule has 4 heteroatoms. The fourth-order valence-corrected chi connectivity index (χ4v) is 2.31. The van der Waals surface area contributed by atoms with E-state index in [-0.39, 0.29) is 11.7 Å². The highest BCUT2D eigenvalue weighted by Crippen LogP contribution is 2.16. The largest absolute Gasteiger partial charge is 0.347 e. The van der Waals surface area contributed by atoms with Crippen molar-refractivity contribution in [1.29, 1.82) is 0 Å². The van der Waals surface area contributed by atoms with Gasteiger partial charge in [0.1, 0.15) is 0 Å². The van der Waals surface area contributed by atoms with Crippen LogP contribution in [0.25, 0.3) is 0 Å². The van der Waals surface area contributed by atoms with Crippen LogP contribution >= 0.6 is 0 Å². The Labute approximate surface area is 125 Å². The van der Waals surface area contributed by atoms with Crippen LogP contribution in [0.1, 0.15) is 37.4 Å². The molecule has 0 saturated carbocycles. The molecule has 112 valence electrons. The minimum atomic E-state index is -0.203. The summed E-state index contributed by atoms with van der Waals surface area (Å²) in [5, 5.41) is 3.51. The summed E-state index contributed by atoms with van der Waals surface area (Å²) in [4.78, 5) is 15.6. The SMILES string of the molecule is CCCNC(Cn1cccnc1=O)c1ccc(CC)cc1. The number of benzene rings is 1. The van der Waals surface area contributed by atoms with Crippen molar-refractivity contribution in [2.75, 3.05) is 6.54 Å². The molecule has 0 bridgehead atoms. The number of nitrogens with zero attached hydrogens (tertiary/aromatic N) is 2. The van der Waals surface area contributed by atoms with Crippen molar-refractivity contribution in [1.82, 2.24) is 14.9 Å². The van der Waals surface area contributed by atoms with Gasteiger partial charge in [0.25, 0.3) is 0 Å². The number of hydrogen-bond donors (Lipinski definition) is 1. The lowest BCUT2D eigenvalue weighted by atomic mass is 10.0. The second-order valence-corrected chi connectivity index (χ2v) is 5.16. The molecule has 1 atom stereocenters. The third kappa shape index (κ3) is 4.26. The standard InChI is InChI=1S/C17H23N3O/c1-3-10-18-16(13-20-12-5-11-19-17(20)21)15-8-6-14(4-2)7-9-15/h5-9,11-12,16,18H,3-4,10,13H2,1-2H3. The molecule has 0 amide bonds. The molecule has 0 saturated heterocycles. The molecule has 2 aromatic rings. The van der Waals surface area contributed by atoms with E-state index in [1.165, 1.54) is 17.3 Å². The number of hydrogen-bond acceptors (Lipinski definition) is 3. The van der Waals surface area contributed by atoms with Crippen LogP contribution in [-0.2, 0) is 13.0 Å². The summed E-state index contributed by atoms with van der Waals surface area (Å²) in [7, 11) is 0. The molecule has 0 fully saturated rings. The van der Waals surface area contributed by atoms with E-state index in [2.05, 4.69) is 48.4 Å². The Morgan fingerprint density at radius 3 is 2.62 bits per heavy atom. The molecule has 1 N–H and O–H groups in total. The summed E-state index contributed by atoms with van der Waals surface area (Å²) >= 11 is 0. The third-order valence-corrected chi connectivity index (χ3v) is 3.59. The van der Waals surface area contributed by atoms with E-state index in [0.29, 0.717) is 6.54 Å². The lowest BCUT2D eigenvalue weighted by Gasteiger charge is -2.20. The predicted molar refractivity (Wildman–Crippen MR) is 85.4 cm³/mol. The van der Waals surface area contributed by atoms with E-state index >= 15 is 0 Å². The van der Waals surface area contributed by atoms with Gasteiger partial charge in [-0.25, -0.2) is 9.78 Å². The second kappa shape index (κ2) is 7.74. The van der Waals surface area contributed by atoms with Crippen LogP contribution in [0.4, 0.5) is 0 Å². The van der Waals surface area contributed by atoms with Gasteiger partial charge in [-0.05, 0) is 36.6 Å². The number of nitrogens with one attached hydrogen (secondary N) is 1. The Morgan fingerprint density at radius 1 is 1.24 bits per heavy atom.